The van der Waals surface area contributed by atoms with Crippen LogP contribution in [-0.4, -0.2) is 42.2 Å². The van der Waals surface area contributed by atoms with Gasteiger partial charge in [-0.15, -0.1) is 0 Å². The van der Waals surface area contributed by atoms with Crippen LogP contribution in [0.3, 0.4) is 0 Å². The number of fused-ring (bicyclic) bond motifs is 1. The zero-order chi connectivity index (χ0) is 25.9. The molecule has 0 bridgehead atoms. The molecule has 0 atom stereocenters. The van der Waals surface area contributed by atoms with E-state index in [-0.39, 0.29) is 22.2 Å². The molecule has 8 nitrogen and oxygen atoms in total. The molecule has 1 aromatic heterocycles. The number of nitrogens with zero attached hydrogens (tertiary/aromatic N) is 3. The molecule has 12 heteroatoms. The molecule has 0 aliphatic carbocycles. The third-order valence-electron chi connectivity index (χ3n) is 5.64. The molecule has 0 unspecified atom stereocenters. The summed E-state index contributed by atoms with van der Waals surface area (Å²) in [5.41, 5.74) is 0.827. The lowest BCUT2D eigenvalue weighted by Crippen LogP contribution is -2.43. The average Bonchev–Trinajstić information content (AvgIpc) is 2.90. The van der Waals surface area contributed by atoms with Gasteiger partial charge in [0.2, 0.25) is 5.82 Å². The van der Waals surface area contributed by atoms with E-state index >= 15 is 0 Å². The fraction of sp³-hybridized carbons (Fsp3) is 0.160. The Morgan fingerprint density at radius 2 is 1.78 bits per heavy atom. The zero-order valence-corrected chi connectivity index (χ0v) is 20.0. The first-order valence-corrected chi connectivity index (χ1v) is 11.7. The van der Waals surface area contributed by atoms with Gasteiger partial charge in [0.1, 0.15) is 17.4 Å². The Kier molecular flexibility index (Phi) is 6.97. The number of aromatic nitrogens is 2. The summed E-state index contributed by atoms with van der Waals surface area (Å²) < 4.78 is 48.6. The molecule has 0 spiro atoms. The Hall–Kier alpha value is -4.09. The summed E-state index contributed by atoms with van der Waals surface area (Å²) in [7, 11) is 0. The number of halogens is 4. The highest BCUT2D eigenvalue weighted by Crippen LogP contribution is 2.31. The third-order valence-corrected chi connectivity index (χ3v) is 5.95. The summed E-state index contributed by atoms with van der Waals surface area (Å²) >= 11 is 5.61. The van der Waals surface area contributed by atoms with Crippen LogP contribution in [0.5, 0.6) is 11.5 Å². The summed E-state index contributed by atoms with van der Waals surface area (Å²) in [6.45, 7) is 3.30. The second-order valence-electron chi connectivity index (χ2n) is 8.17. The number of rotatable bonds is 5. The highest BCUT2D eigenvalue weighted by Gasteiger charge is 2.18. The minimum Gasteiger partial charge on any atom is -0.454 e. The van der Waals surface area contributed by atoms with Crippen LogP contribution >= 0.6 is 11.6 Å². The van der Waals surface area contributed by atoms with Gasteiger partial charge in [-0.25, -0.2) is 18.6 Å². The largest absolute Gasteiger partial charge is 0.454 e. The highest BCUT2D eigenvalue weighted by atomic mass is 35.5. The van der Waals surface area contributed by atoms with E-state index in [1.807, 2.05) is 0 Å². The summed E-state index contributed by atoms with van der Waals surface area (Å²) in [4.78, 5) is 23.3. The number of nitrogens with one attached hydrogen (secondary N) is 3. The van der Waals surface area contributed by atoms with Crippen molar-refractivity contribution in [1.82, 2.24) is 15.3 Å². The lowest BCUT2D eigenvalue weighted by atomic mass is 10.2. The second kappa shape index (κ2) is 10.5. The molecular formula is C25H20ClF3N6O2. The number of amides is 2. The third kappa shape index (κ3) is 5.52. The van der Waals surface area contributed by atoms with E-state index < -0.39 is 29.2 Å². The first kappa shape index (κ1) is 24.6. The van der Waals surface area contributed by atoms with Crippen molar-refractivity contribution in [2.24, 2.45) is 0 Å². The monoisotopic (exact) mass is 528 g/mol. The van der Waals surface area contributed by atoms with Gasteiger partial charge in [-0.05, 0) is 42.5 Å². The summed E-state index contributed by atoms with van der Waals surface area (Å²) in [5, 5.41) is 7.66. The summed E-state index contributed by atoms with van der Waals surface area (Å²) in [6, 6.07) is 9.89. The number of urea groups is 1. The Morgan fingerprint density at radius 3 is 2.57 bits per heavy atom. The van der Waals surface area contributed by atoms with Gasteiger partial charge >= 0.3 is 6.03 Å². The molecular weight excluding hydrogens is 509 g/mol. The van der Waals surface area contributed by atoms with Crippen molar-refractivity contribution in [3.63, 3.8) is 0 Å². The molecule has 3 N–H and O–H groups in total. The van der Waals surface area contributed by atoms with E-state index in [1.54, 1.807) is 24.4 Å². The average molecular weight is 529 g/mol. The Bertz CT molecular complexity index is 1480. The SMILES string of the molecule is O=C(Nc1ccc(Cl)c(F)c1)Nc1ccc(Oc2ccc3ncc(N4CCNCC4)nc3c2)c(F)c1F. The number of piperazine rings is 1. The van der Waals surface area contributed by atoms with Crippen LogP contribution in [0.4, 0.5) is 35.2 Å². The molecule has 1 aliphatic heterocycles. The summed E-state index contributed by atoms with van der Waals surface area (Å²) in [6.07, 6.45) is 1.70. The van der Waals surface area contributed by atoms with Gasteiger partial charge < -0.3 is 25.6 Å². The second-order valence-corrected chi connectivity index (χ2v) is 8.57. The molecule has 1 saturated heterocycles. The van der Waals surface area contributed by atoms with E-state index in [0.717, 1.165) is 44.1 Å². The smallest absolute Gasteiger partial charge is 0.323 e. The Morgan fingerprint density at radius 1 is 0.973 bits per heavy atom. The van der Waals surface area contributed by atoms with Crippen LogP contribution in [0.2, 0.25) is 5.02 Å². The molecule has 3 aromatic carbocycles. The van der Waals surface area contributed by atoms with Gasteiger partial charge in [-0.3, -0.25) is 4.98 Å². The molecule has 37 heavy (non-hydrogen) atoms. The highest BCUT2D eigenvalue weighted by molar-refractivity contribution is 6.30. The van der Waals surface area contributed by atoms with Crippen LogP contribution in [-0.2, 0) is 0 Å². The quantitative estimate of drug-likeness (QED) is 0.315. The maximum atomic E-state index is 14.8. The number of hydrogen-bond acceptors (Lipinski definition) is 6. The van der Waals surface area contributed by atoms with E-state index in [2.05, 4.69) is 30.8 Å². The van der Waals surface area contributed by atoms with Gasteiger partial charge in [0.25, 0.3) is 0 Å². The number of carbonyl (C=O) groups is 1. The fourth-order valence-electron chi connectivity index (χ4n) is 3.78. The minimum absolute atomic E-state index is 0.0831. The lowest BCUT2D eigenvalue weighted by Gasteiger charge is -2.28. The molecule has 0 saturated carbocycles. The van der Waals surface area contributed by atoms with Crippen molar-refractivity contribution in [3.05, 3.63) is 77.2 Å². The predicted molar refractivity (Wildman–Crippen MR) is 135 cm³/mol. The van der Waals surface area contributed by atoms with Crippen LogP contribution in [0.25, 0.3) is 11.0 Å². The van der Waals surface area contributed by atoms with Crippen molar-refractivity contribution in [2.75, 3.05) is 41.7 Å². The van der Waals surface area contributed by atoms with Gasteiger partial charge in [-0.2, -0.15) is 4.39 Å². The number of carbonyl (C=O) groups excluding carboxylic acids is 1. The Labute approximate surface area is 214 Å². The van der Waals surface area contributed by atoms with Gasteiger partial charge in [0, 0.05) is 37.9 Å². The minimum atomic E-state index is -1.32. The van der Waals surface area contributed by atoms with Crippen molar-refractivity contribution in [1.29, 1.82) is 0 Å². The number of anilines is 3. The van der Waals surface area contributed by atoms with Crippen molar-refractivity contribution < 1.29 is 22.7 Å². The molecule has 2 heterocycles. The maximum absolute atomic E-state index is 14.8. The lowest BCUT2D eigenvalue weighted by molar-refractivity contribution is 0.262. The van der Waals surface area contributed by atoms with Crippen LogP contribution in [0.1, 0.15) is 0 Å². The van der Waals surface area contributed by atoms with Crippen molar-refractivity contribution in [3.8, 4) is 11.5 Å². The molecule has 4 aromatic rings. The van der Waals surface area contributed by atoms with E-state index in [9.17, 15) is 18.0 Å². The van der Waals surface area contributed by atoms with Gasteiger partial charge in [0.05, 0.1) is 27.9 Å². The molecule has 1 fully saturated rings. The topological polar surface area (TPSA) is 91.4 Å². The molecule has 5 rings (SSSR count). The van der Waals surface area contributed by atoms with Crippen LogP contribution in [0.15, 0.2) is 54.7 Å². The molecule has 0 radical (unpaired) electrons. The number of ether oxygens (including phenoxy) is 1. The standard InChI is InChI=1S/C25H20ClF3N6O2/c26-16-3-1-14(11-17(16)27)32-25(36)34-19-5-6-21(24(29)23(19)28)37-15-2-4-18-20(12-15)33-22(13-31-18)35-9-7-30-8-10-35/h1-6,11-13,30H,7-10H2,(H2,32,34,36). The van der Waals surface area contributed by atoms with E-state index in [0.29, 0.717) is 11.0 Å². The first-order chi connectivity index (χ1) is 17.9. The maximum Gasteiger partial charge on any atom is 0.323 e. The normalized spacial score (nSPS) is 13.5. The van der Waals surface area contributed by atoms with E-state index in [1.165, 1.54) is 18.2 Å². The van der Waals surface area contributed by atoms with E-state index in [4.69, 9.17) is 16.3 Å². The van der Waals surface area contributed by atoms with Crippen molar-refractivity contribution >= 4 is 45.9 Å². The van der Waals surface area contributed by atoms with Gasteiger partial charge in [0.15, 0.2) is 11.6 Å². The fourth-order valence-corrected chi connectivity index (χ4v) is 3.90. The number of benzene rings is 3. The van der Waals surface area contributed by atoms with Crippen LogP contribution in [0, 0.1) is 17.5 Å². The van der Waals surface area contributed by atoms with Crippen LogP contribution < -0.4 is 25.6 Å². The Balaban J connectivity index is 1.30. The summed E-state index contributed by atoms with van der Waals surface area (Å²) in [5.74, 6) is -2.78. The van der Waals surface area contributed by atoms with Crippen molar-refractivity contribution in [2.45, 2.75) is 0 Å². The first-order valence-electron chi connectivity index (χ1n) is 11.3. The number of hydrogen-bond donors (Lipinski definition) is 3. The predicted octanol–water partition coefficient (Wildman–Crippen LogP) is 5.55. The molecule has 1 aliphatic rings. The van der Waals surface area contributed by atoms with Gasteiger partial charge in [-0.1, -0.05) is 11.6 Å². The molecule has 2 amide bonds. The zero-order valence-electron chi connectivity index (χ0n) is 19.2. The molecule has 190 valence electrons.